The van der Waals surface area contributed by atoms with E-state index in [0.29, 0.717) is 21.9 Å². The Kier molecular flexibility index (Phi) is 6.43. The van der Waals surface area contributed by atoms with Crippen molar-refractivity contribution in [2.75, 3.05) is 18.4 Å². The van der Waals surface area contributed by atoms with Crippen LogP contribution in [0.5, 0.6) is 0 Å². The van der Waals surface area contributed by atoms with Crippen molar-refractivity contribution in [1.82, 2.24) is 10.6 Å². The van der Waals surface area contributed by atoms with Gasteiger partial charge >= 0.3 is 6.03 Å². The Morgan fingerprint density at radius 1 is 1.31 bits per heavy atom. The molecule has 0 saturated carbocycles. The topological polar surface area (TPSA) is 139 Å². The number of rotatable bonds is 4. The van der Waals surface area contributed by atoms with E-state index < -0.39 is 11.0 Å². The molecule has 5 N–H and O–H groups in total. The maximum atomic E-state index is 12.7. The number of nitrogens with two attached hydrogens (primary N) is 1. The lowest BCUT2D eigenvalue weighted by Crippen LogP contribution is -2.45. The molecule has 3 amide bonds. The Labute approximate surface area is 170 Å². The molecule has 1 atom stereocenters. The highest BCUT2D eigenvalue weighted by Gasteiger charge is 2.21. The van der Waals surface area contributed by atoms with Gasteiger partial charge in [0.25, 0.3) is 11.6 Å². The zero-order valence-corrected chi connectivity index (χ0v) is 16.2. The molecule has 1 aliphatic heterocycles. The molecule has 0 radical (unpaired) electrons. The van der Waals surface area contributed by atoms with Gasteiger partial charge in [-0.1, -0.05) is 17.9 Å². The highest BCUT2D eigenvalue weighted by molar-refractivity contribution is 7.15. The highest BCUT2D eigenvalue weighted by atomic mass is 32.1. The summed E-state index contributed by atoms with van der Waals surface area (Å²) in [6.45, 7) is 1.62. The molecule has 29 heavy (non-hydrogen) atoms. The first kappa shape index (κ1) is 20.3. The molecule has 150 valence electrons. The van der Waals surface area contributed by atoms with E-state index in [1.54, 1.807) is 18.2 Å². The van der Waals surface area contributed by atoms with Crippen LogP contribution in [0, 0.1) is 22.0 Å². The molecule has 9 nitrogen and oxygen atoms in total. The molecule has 10 heteroatoms. The van der Waals surface area contributed by atoms with Gasteiger partial charge in [0.05, 0.1) is 15.5 Å². The minimum absolute atomic E-state index is 0.0131. The number of nitro groups is 1. The number of anilines is 1. The SMILES string of the molecule is NC(=O)Nc1cc(C#Cc2cccc([N+](=O)[O-])c2)sc1C(=O)N[C@H]1CCCNC1. The summed E-state index contributed by atoms with van der Waals surface area (Å²) in [5, 5.41) is 19.5. The van der Waals surface area contributed by atoms with Gasteiger partial charge in [-0.25, -0.2) is 4.79 Å². The van der Waals surface area contributed by atoms with Crippen LogP contribution in [0.4, 0.5) is 16.2 Å². The Morgan fingerprint density at radius 3 is 2.83 bits per heavy atom. The van der Waals surface area contributed by atoms with Crippen molar-refractivity contribution in [1.29, 1.82) is 0 Å². The number of urea groups is 1. The maximum absolute atomic E-state index is 12.7. The Hall–Kier alpha value is -3.42. The first-order chi connectivity index (χ1) is 13.9. The predicted octanol–water partition coefficient (Wildman–Crippen LogP) is 2.03. The van der Waals surface area contributed by atoms with E-state index in [9.17, 15) is 19.7 Å². The Balaban J connectivity index is 1.83. The second kappa shape index (κ2) is 9.18. The van der Waals surface area contributed by atoms with Crippen LogP contribution < -0.4 is 21.7 Å². The minimum atomic E-state index is -0.783. The predicted molar refractivity (Wildman–Crippen MR) is 110 cm³/mol. The van der Waals surface area contributed by atoms with Gasteiger partial charge in [-0.15, -0.1) is 11.3 Å². The molecule has 2 heterocycles. The lowest BCUT2D eigenvalue weighted by Gasteiger charge is -2.23. The number of piperidine rings is 1. The summed E-state index contributed by atoms with van der Waals surface area (Å²) in [6, 6.07) is 6.75. The number of hydrogen-bond acceptors (Lipinski definition) is 6. The first-order valence-corrected chi connectivity index (χ1v) is 9.72. The number of benzene rings is 1. The van der Waals surface area contributed by atoms with Crippen molar-refractivity contribution in [3.63, 3.8) is 0 Å². The summed E-state index contributed by atoms with van der Waals surface area (Å²) in [6.07, 6.45) is 1.85. The average Bonchev–Trinajstić information content (AvgIpc) is 3.09. The highest BCUT2D eigenvalue weighted by Crippen LogP contribution is 2.27. The number of amides is 3. The number of nitrogens with one attached hydrogen (secondary N) is 3. The number of nitro benzene ring substituents is 1. The summed E-state index contributed by atoms with van der Waals surface area (Å²) in [7, 11) is 0. The van der Waals surface area contributed by atoms with Crippen LogP contribution in [-0.4, -0.2) is 36.0 Å². The second-order valence-electron chi connectivity index (χ2n) is 6.42. The molecule has 1 aliphatic rings. The quantitative estimate of drug-likeness (QED) is 0.345. The lowest BCUT2D eigenvalue weighted by atomic mass is 10.1. The van der Waals surface area contributed by atoms with Crippen LogP contribution in [-0.2, 0) is 0 Å². The van der Waals surface area contributed by atoms with Gasteiger partial charge in [0, 0.05) is 30.3 Å². The van der Waals surface area contributed by atoms with Gasteiger partial charge in [0.1, 0.15) is 4.88 Å². The number of carbonyl (C=O) groups is 2. The molecule has 0 aliphatic carbocycles. The standard InChI is InChI=1S/C19H19N5O4S/c20-19(26)23-16-10-15(7-6-12-3-1-5-14(9-12)24(27)28)29-17(16)18(25)22-13-4-2-8-21-11-13/h1,3,5,9-10,13,21H,2,4,8,11H2,(H,22,25)(H3,20,23,26)/t13-/m0/s1. The minimum Gasteiger partial charge on any atom is -0.351 e. The number of primary amides is 1. The van der Waals surface area contributed by atoms with Crippen molar-refractivity contribution in [3.05, 3.63) is 55.8 Å². The molecule has 0 bridgehead atoms. The fraction of sp³-hybridized carbons (Fsp3) is 0.263. The zero-order valence-electron chi connectivity index (χ0n) is 15.4. The Bertz CT molecular complexity index is 1000. The first-order valence-electron chi connectivity index (χ1n) is 8.90. The lowest BCUT2D eigenvalue weighted by molar-refractivity contribution is -0.384. The summed E-state index contributed by atoms with van der Waals surface area (Å²) >= 11 is 1.12. The summed E-state index contributed by atoms with van der Waals surface area (Å²) in [5.74, 6) is 5.41. The number of nitrogens with zero attached hydrogens (tertiary/aromatic N) is 1. The van der Waals surface area contributed by atoms with E-state index >= 15 is 0 Å². The molecule has 1 aromatic heterocycles. The fourth-order valence-corrected chi connectivity index (χ4v) is 3.77. The smallest absolute Gasteiger partial charge is 0.316 e. The average molecular weight is 413 g/mol. The molecule has 0 unspecified atom stereocenters. The van der Waals surface area contributed by atoms with E-state index in [0.717, 1.165) is 30.7 Å². The second-order valence-corrected chi connectivity index (χ2v) is 7.47. The summed E-state index contributed by atoms with van der Waals surface area (Å²) in [4.78, 5) is 35.2. The molecule has 0 spiro atoms. The molecule has 2 aromatic rings. The van der Waals surface area contributed by atoms with Gasteiger partial charge in [-0.3, -0.25) is 14.9 Å². The van der Waals surface area contributed by atoms with E-state index in [1.807, 2.05) is 0 Å². The van der Waals surface area contributed by atoms with Crippen molar-refractivity contribution >= 4 is 34.6 Å². The monoisotopic (exact) mass is 413 g/mol. The molecular weight excluding hydrogens is 394 g/mol. The van der Waals surface area contributed by atoms with Crippen LogP contribution in [0.2, 0.25) is 0 Å². The maximum Gasteiger partial charge on any atom is 0.316 e. The van der Waals surface area contributed by atoms with Gasteiger partial charge in [-0.2, -0.15) is 0 Å². The molecular formula is C19H19N5O4S. The van der Waals surface area contributed by atoms with E-state index in [-0.39, 0.29) is 23.3 Å². The van der Waals surface area contributed by atoms with Crippen LogP contribution in [0.1, 0.15) is 33.0 Å². The molecule has 1 saturated heterocycles. The van der Waals surface area contributed by atoms with E-state index in [4.69, 9.17) is 5.73 Å². The van der Waals surface area contributed by atoms with Crippen molar-refractivity contribution in [2.45, 2.75) is 18.9 Å². The Morgan fingerprint density at radius 2 is 2.14 bits per heavy atom. The third-order valence-corrected chi connectivity index (χ3v) is 5.26. The summed E-state index contributed by atoms with van der Waals surface area (Å²) < 4.78 is 0. The number of non-ortho nitro benzene ring substituents is 1. The van der Waals surface area contributed by atoms with Crippen LogP contribution >= 0.6 is 11.3 Å². The third-order valence-electron chi connectivity index (χ3n) is 4.22. The van der Waals surface area contributed by atoms with E-state index in [2.05, 4.69) is 27.8 Å². The fourth-order valence-electron chi connectivity index (χ4n) is 2.90. The zero-order chi connectivity index (χ0) is 20.8. The number of carbonyl (C=O) groups excluding carboxylic acids is 2. The van der Waals surface area contributed by atoms with Crippen molar-refractivity contribution in [3.8, 4) is 11.8 Å². The van der Waals surface area contributed by atoms with Crippen molar-refractivity contribution < 1.29 is 14.5 Å². The van der Waals surface area contributed by atoms with Crippen LogP contribution in [0.25, 0.3) is 0 Å². The molecule has 3 rings (SSSR count). The van der Waals surface area contributed by atoms with Gasteiger partial charge < -0.3 is 21.7 Å². The normalized spacial score (nSPS) is 15.7. The summed E-state index contributed by atoms with van der Waals surface area (Å²) in [5.41, 5.74) is 5.91. The van der Waals surface area contributed by atoms with Gasteiger partial charge in [0.15, 0.2) is 0 Å². The molecule has 1 fully saturated rings. The number of thiophene rings is 1. The third kappa shape index (κ3) is 5.54. The molecule has 1 aromatic carbocycles. The van der Waals surface area contributed by atoms with Crippen molar-refractivity contribution in [2.24, 2.45) is 5.73 Å². The number of hydrogen-bond donors (Lipinski definition) is 4. The van der Waals surface area contributed by atoms with Crippen LogP contribution in [0.15, 0.2) is 30.3 Å². The van der Waals surface area contributed by atoms with E-state index in [1.165, 1.54) is 12.1 Å². The van der Waals surface area contributed by atoms with Gasteiger partial charge in [0.2, 0.25) is 0 Å². The van der Waals surface area contributed by atoms with Gasteiger partial charge in [-0.05, 0) is 31.5 Å². The van der Waals surface area contributed by atoms with Crippen LogP contribution in [0.3, 0.4) is 0 Å². The largest absolute Gasteiger partial charge is 0.351 e.